The average Bonchev–Trinajstić information content (AvgIpc) is 2.38. The summed E-state index contributed by atoms with van der Waals surface area (Å²) >= 11 is 0. The van der Waals surface area contributed by atoms with Crippen LogP contribution in [0.1, 0.15) is 26.7 Å². The van der Waals surface area contributed by atoms with Crippen molar-refractivity contribution in [2.75, 3.05) is 0 Å². The fraction of sp³-hybridized carbons (Fsp3) is 0.636. The highest BCUT2D eigenvalue weighted by Gasteiger charge is 2.24. The van der Waals surface area contributed by atoms with E-state index >= 15 is 0 Å². The monoisotopic (exact) mass is 180 g/mol. The van der Waals surface area contributed by atoms with E-state index in [9.17, 15) is 0 Å². The van der Waals surface area contributed by atoms with Gasteiger partial charge in [0.2, 0.25) is 0 Å². The van der Waals surface area contributed by atoms with Crippen LogP contribution < -0.4 is 0 Å². The lowest BCUT2D eigenvalue weighted by Crippen LogP contribution is -2.21. The van der Waals surface area contributed by atoms with Crippen LogP contribution in [0.15, 0.2) is 23.8 Å². The molecule has 0 aliphatic heterocycles. The Morgan fingerprint density at radius 1 is 1.42 bits per heavy atom. The van der Waals surface area contributed by atoms with Crippen molar-refractivity contribution in [3.8, 4) is 0 Å². The Bertz CT molecular complexity index is 209. The smallest absolute Gasteiger partial charge is 0.0369 e. The molecule has 0 unspecified atom stereocenters. The van der Waals surface area contributed by atoms with Gasteiger partial charge in [0.25, 0.3) is 0 Å². The molecular weight excluding hydrogens is 160 g/mol. The Labute approximate surface area is 78.0 Å². The zero-order valence-electron chi connectivity index (χ0n) is 8.72. The minimum atomic E-state index is -0.504. The molecule has 1 aliphatic carbocycles. The molecule has 0 spiro atoms. The second-order valence-electron chi connectivity index (χ2n) is 4.78. The maximum atomic E-state index is 2.45. The molecule has 0 heterocycles. The van der Waals surface area contributed by atoms with Gasteiger partial charge < -0.3 is 0 Å². The highest BCUT2D eigenvalue weighted by atomic mass is 28.3. The molecule has 1 aliphatic rings. The summed E-state index contributed by atoms with van der Waals surface area (Å²) in [6.45, 7) is 9.73. The molecule has 0 aromatic rings. The summed E-state index contributed by atoms with van der Waals surface area (Å²) in [4.78, 5) is 0. The summed E-state index contributed by atoms with van der Waals surface area (Å²) in [6, 6.07) is 0. The number of allylic oxidation sites excluding steroid dienone is 4. The first-order chi connectivity index (χ1) is 5.52. The molecule has 0 nitrogen and oxygen atoms in total. The van der Waals surface area contributed by atoms with E-state index in [1.807, 2.05) is 0 Å². The van der Waals surface area contributed by atoms with E-state index in [-0.39, 0.29) is 0 Å². The summed E-state index contributed by atoms with van der Waals surface area (Å²) in [5.41, 5.74) is 1.63. The second kappa shape index (κ2) is 3.61. The van der Waals surface area contributed by atoms with Crippen molar-refractivity contribution in [3.63, 3.8) is 0 Å². The van der Waals surface area contributed by atoms with Crippen molar-refractivity contribution < 1.29 is 0 Å². The van der Waals surface area contributed by atoms with Crippen LogP contribution in [0, 0.1) is 0 Å². The van der Waals surface area contributed by atoms with Crippen molar-refractivity contribution >= 4 is 8.80 Å². The van der Waals surface area contributed by atoms with Crippen LogP contribution in [-0.2, 0) is 0 Å². The van der Waals surface area contributed by atoms with Gasteiger partial charge in [0.1, 0.15) is 0 Å². The van der Waals surface area contributed by atoms with Gasteiger partial charge in [0.15, 0.2) is 0 Å². The van der Waals surface area contributed by atoms with Gasteiger partial charge in [-0.3, -0.25) is 0 Å². The lowest BCUT2D eigenvalue weighted by atomic mass is 10.0. The van der Waals surface area contributed by atoms with Crippen LogP contribution in [0.2, 0.25) is 18.1 Å². The van der Waals surface area contributed by atoms with E-state index in [0.717, 1.165) is 0 Å². The molecule has 0 saturated carbocycles. The summed E-state index contributed by atoms with van der Waals surface area (Å²) in [6.07, 6.45) is 9.24. The van der Waals surface area contributed by atoms with Crippen LogP contribution in [0.5, 0.6) is 0 Å². The molecule has 0 aromatic carbocycles. The van der Waals surface area contributed by atoms with Gasteiger partial charge in [-0.25, -0.2) is 0 Å². The summed E-state index contributed by atoms with van der Waals surface area (Å²) in [5.74, 6) is 0. The van der Waals surface area contributed by atoms with Crippen LogP contribution in [0.4, 0.5) is 0 Å². The van der Waals surface area contributed by atoms with Crippen molar-refractivity contribution in [2.24, 2.45) is 0 Å². The molecule has 0 bridgehead atoms. The van der Waals surface area contributed by atoms with E-state index in [2.05, 4.69) is 45.2 Å². The zero-order valence-corrected chi connectivity index (χ0v) is 9.88. The SMILES string of the molecule is C[SiH](C)C(C)(C)CC1=CC=CC1. The number of rotatable bonds is 3. The van der Waals surface area contributed by atoms with Crippen LogP contribution in [0.3, 0.4) is 0 Å². The van der Waals surface area contributed by atoms with Gasteiger partial charge in [-0.15, -0.1) is 0 Å². The average molecular weight is 180 g/mol. The maximum absolute atomic E-state index is 2.45. The predicted molar refractivity (Wildman–Crippen MR) is 59.4 cm³/mol. The Morgan fingerprint density at radius 2 is 2.08 bits per heavy atom. The van der Waals surface area contributed by atoms with Gasteiger partial charge in [-0.05, 0) is 17.9 Å². The third-order valence-electron chi connectivity index (χ3n) is 3.09. The lowest BCUT2D eigenvalue weighted by molar-refractivity contribution is 0.645. The fourth-order valence-corrected chi connectivity index (χ4v) is 2.08. The van der Waals surface area contributed by atoms with Crippen molar-refractivity contribution in [1.82, 2.24) is 0 Å². The quantitative estimate of drug-likeness (QED) is 0.583. The van der Waals surface area contributed by atoms with Crippen LogP contribution >= 0.6 is 0 Å². The minimum absolute atomic E-state index is 0.504. The Morgan fingerprint density at radius 3 is 2.50 bits per heavy atom. The first-order valence-corrected chi connectivity index (χ1v) is 7.75. The third-order valence-corrected chi connectivity index (χ3v) is 6.42. The second-order valence-corrected chi connectivity index (χ2v) is 8.65. The maximum Gasteiger partial charge on any atom is 0.0369 e. The highest BCUT2D eigenvalue weighted by molar-refractivity contribution is 6.59. The van der Waals surface area contributed by atoms with Crippen molar-refractivity contribution in [2.45, 2.75) is 44.8 Å². The van der Waals surface area contributed by atoms with E-state index in [1.165, 1.54) is 12.8 Å². The van der Waals surface area contributed by atoms with E-state index in [0.29, 0.717) is 5.04 Å². The standard InChI is InChI=1S/C11H20Si/c1-11(2,12(3)4)9-10-7-5-6-8-10/h5-7,12H,8-9H2,1-4H3. The van der Waals surface area contributed by atoms with Gasteiger partial charge in [-0.1, -0.05) is 50.7 Å². The molecule has 68 valence electrons. The molecule has 0 amide bonds. The Hall–Kier alpha value is -0.303. The van der Waals surface area contributed by atoms with Gasteiger partial charge in [-0.2, -0.15) is 0 Å². The normalized spacial score (nSPS) is 17.2. The van der Waals surface area contributed by atoms with Gasteiger partial charge in [0, 0.05) is 8.80 Å². The van der Waals surface area contributed by atoms with Crippen molar-refractivity contribution in [1.29, 1.82) is 0 Å². The molecule has 0 radical (unpaired) electrons. The van der Waals surface area contributed by atoms with Gasteiger partial charge >= 0.3 is 0 Å². The summed E-state index contributed by atoms with van der Waals surface area (Å²) in [5, 5.41) is 0.595. The highest BCUT2D eigenvalue weighted by Crippen LogP contribution is 2.37. The third kappa shape index (κ3) is 2.34. The first kappa shape index (κ1) is 9.78. The number of hydrogen-bond donors (Lipinski definition) is 0. The largest absolute Gasteiger partial charge is 0.0805 e. The Balaban J connectivity index is 2.50. The van der Waals surface area contributed by atoms with E-state index in [4.69, 9.17) is 0 Å². The number of hydrogen-bond acceptors (Lipinski definition) is 0. The van der Waals surface area contributed by atoms with Crippen LogP contribution in [0.25, 0.3) is 0 Å². The van der Waals surface area contributed by atoms with E-state index in [1.54, 1.807) is 5.57 Å². The van der Waals surface area contributed by atoms with Crippen LogP contribution in [-0.4, -0.2) is 8.80 Å². The molecular formula is C11H20Si. The fourth-order valence-electron chi connectivity index (χ4n) is 1.41. The van der Waals surface area contributed by atoms with Gasteiger partial charge in [0.05, 0.1) is 0 Å². The molecule has 0 saturated heterocycles. The molecule has 1 heteroatoms. The Kier molecular flexibility index (Phi) is 2.94. The summed E-state index contributed by atoms with van der Waals surface area (Å²) < 4.78 is 0. The zero-order chi connectivity index (χ0) is 9.19. The first-order valence-electron chi connectivity index (χ1n) is 4.87. The summed E-state index contributed by atoms with van der Waals surface area (Å²) in [7, 11) is -0.504. The molecule has 1 rings (SSSR count). The molecule has 0 fully saturated rings. The molecule has 12 heavy (non-hydrogen) atoms. The molecule has 0 aromatic heterocycles. The molecule has 0 atom stereocenters. The lowest BCUT2D eigenvalue weighted by Gasteiger charge is -2.28. The minimum Gasteiger partial charge on any atom is -0.0805 e. The molecule has 0 N–H and O–H groups in total. The van der Waals surface area contributed by atoms with E-state index < -0.39 is 8.80 Å². The topological polar surface area (TPSA) is 0 Å². The predicted octanol–water partition coefficient (Wildman–Crippen LogP) is 3.53. The van der Waals surface area contributed by atoms with Crippen molar-refractivity contribution in [3.05, 3.63) is 23.8 Å².